The number of rotatable bonds is 1. The lowest BCUT2D eigenvalue weighted by atomic mass is 9.86. The van der Waals surface area contributed by atoms with Gasteiger partial charge < -0.3 is 4.42 Å². The van der Waals surface area contributed by atoms with E-state index >= 15 is 0 Å². The van der Waals surface area contributed by atoms with Crippen LogP contribution in [0.2, 0.25) is 0 Å². The summed E-state index contributed by atoms with van der Waals surface area (Å²) in [7, 11) is 0. The van der Waals surface area contributed by atoms with E-state index in [-0.39, 0.29) is 11.2 Å². The number of carbonyl (C=O) groups excluding carboxylic acids is 1. The number of hydrogen-bond acceptors (Lipinski definition) is 2. The molecule has 1 heterocycles. The van der Waals surface area contributed by atoms with Crippen LogP contribution in [0.3, 0.4) is 0 Å². The van der Waals surface area contributed by atoms with E-state index in [0.717, 1.165) is 27.5 Å². The molecule has 2 nitrogen and oxygen atoms in total. The molecule has 2 heteroatoms. The average Bonchev–Trinajstić information content (AvgIpc) is 2.74. The first-order valence-electron chi connectivity index (χ1n) is 6.43. The van der Waals surface area contributed by atoms with Gasteiger partial charge in [0.05, 0.1) is 0 Å². The van der Waals surface area contributed by atoms with E-state index in [2.05, 4.69) is 0 Å². The third-order valence-electron chi connectivity index (χ3n) is 3.32. The summed E-state index contributed by atoms with van der Waals surface area (Å²) in [6, 6.07) is 13.6. The Hall–Kier alpha value is -2.09. The van der Waals surface area contributed by atoms with Crippen LogP contribution in [0.25, 0.3) is 21.9 Å². The van der Waals surface area contributed by atoms with Crippen LogP contribution in [0.5, 0.6) is 0 Å². The van der Waals surface area contributed by atoms with Gasteiger partial charge in [0.15, 0.2) is 5.78 Å². The maximum Gasteiger partial charge on any atom is 0.168 e. The van der Waals surface area contributed by atoms with E-state index < -0.39 is 0 Å². The highest BCUT2D eigenvalue weighted by atomic mass is 16.3. The van der Waals surface area contributed by atoms with Gasteiger partial charge >= 0.3 is 0 Å². The smallest absolute Gasteiger partial charge is 0.168 e. The summed E-state index contributed by atoms with van der Waals surface area (Å²) in [6.07, 6.45) is 0. The van der Waals surface area contributed by atoms with Gasteiger partial charge in [-0.25, -0.2) is 0 Å². The van der Waals surface area contributed by atoms with Crippen LogP contribution in [-0.4, -0.2) is 5.78 Å². The molecule has 0 radical (unpaired) electrons. The predicted octanol–water partition coefficient (Wildman–Crippen LogP) is 4.81. The van der Waals surface area contributed by atoms with E-state index in [0.29, 0.717) is 0 Å². The summed E-state index contributed by atoms with van der Waals surface area (Å²) in [5.41, 5.74) is 2.06. The van der Waals surface area contributed by atoms with E-state index in [1.54, 1.807) is 0 Å². The SMILES string of the molecule is CC(C)(C)C(=O)c1ccc2oc3ccccc3c2c1. The van der Waals surface area contributed by atoms with Crippen LogP contribution in [-0.2, 0) is 0 Å². The Balaban J connectivity index is 2.25. The highest BCUT2D eigenvalue weighted by Crippen LogP contribution is 2.30. The van der Waals surface area contributed by atoms with Crippen LogP contribution in [0, 0.1) is 5.41 Å². The number of furan rings is 1. The van der Waals surface area contributed by atoms with Crippen molar-refractivity contribution in [1.29, 1.82) is 0 Å². The van der Waals surface area contributed by atoms with Gasteiger partial charge in [0, 0.05) is 21.8 Å². The van der Waals surface area contributed by atoms with Gasteiger partial charge in [-0.1, -0.05) is 39.0 Å². The minimum Gasteiger partial charge on any atom is -0.456 e. The predicted molar refractivity (Wildman–Crippen MR) is 77.5 cm³/mol. The van der Waals surface area contributed by atoms with Crippen molar-refractivity contribution in [2.45, 2.75) is 20.8 Å². The van der Waals surface area contributed by atoms with Gasteiger partial charge in [0.25, 0.3) is 0 Å². The van der Waals surface area contributed by atoms with Crippen molar-refractivity contribution in [2.24, 2.45) is 5.41 Å². The van der Waals surface area contributed by atoms with Crippen LogP contribution in [0.1, 0.15) is 31.1 Å². The molecular formula is C17H16O2. The van der Waals surface area contributed by atoms with Crippen molar-refractivity contribution in [2.75, 3.05) is 0 Å². The highest BCUT2D eigenvalue weighted by molar-refractivity contribution is 6.09. The maximum absolute atomic E-state index is 12.3. The number of Topliss-reactive ketones (excluding diaryl/α,β-unsaturated/α-hetero) is 1. The molecule has 1 aromatic heterocycles. The summed E-state index contributed by atoms with van der Waals surface area (Å²) in [5.74, 6) is 0.152. The van der Waals surface area contributed by atoms with Crippen molar-refractivity contribution < 1.29 is 9.21 Å². The normalized spacial score (nSPS) is 12.2. The van der Waals surface area contributed by atoms with Crippen LogP contribution in [0.15, 0.2) is 46.9 Å². The lowest BCUT2D eigenvalue weighted by Gasteiger charge is -2.16. The zero-order chi connectivity index (χ0) is 13.6. The molecule has 0 saturated heterocycles. The molecule has 0 aliphatic rings. The Kier molecular flexibility index (Phi) is 2.49. The lowest BCUT2D eigenvalue weighted by molar-refractivity contribution is 0.0858. The van der Waals surface area contributed by atoms with Gasteiger partial charge in [-0.3, -0.25) is 4.79 Å². The first kappa shape index (κ1) is 12.0. The second kappa shape index (κ2) is 3.95. The molecular weight excluding hydrogens is 236 g/mol. The maximum atomic E-state index is 12.3. The Labute approximate surface area is 112 Å². The van der Waals surface area contributed by atoms with E-state index in [9.17, 15) is 4.79 Å². The van der Waals surface area contributed by atoms with Crippen LogP contribution < -0.4 is 0 Å². The number of benzene rings is 2. The Morgan fingerprint density at radius 2 is 1.63 bits per heavy atom. The second-order valence-electron chi connectivity index (χ2n) is 5.89. The summed E-state index contributed by atoms with van der Waals surface area (Å²) in [4.78, 5) is 12.3. The zero-order valence-electron chi connectivity index (χ0n) is 11.4. The summed E-state index contributed by atoms with van der Waals surface area (Å²) < 4.78 is 5.76. The van der Waals surface area contributed by atoms with Gasteiger partial charge in [-0.15, -0.1) is 0 Å². The van der Waals surface area contributed by atoms with E-state index in [4.69, 9.17) is 4.42 Å². The molecule has 0 N–H and O–H groups in total. The summed E-state index contributed by atoms with van der Waals surface area (Å²) >= 11 is 0. The minimum absolute atomic E-state index is 0.152. The molecule has 0 aliphatic heterocycles. The number of ketones is 1. The fourth-order valence-corrected chi connectivity index (χ4v) is 2.30. The monoisotopic (exact) mass is 252 g/mol. The van der Waals surface area contributed by atoms with Gasteiger partial charge in [-0.05, 0) is 24.3 Å². The van der Waals surface area contributed by atoms with E-state index in [1.807, 2.05) is 63.2 Å². The Bertz CT molecular complexity index is 773. The first-order chi connectivity index (χ1) is 8.97. The Morgan fingerprint density at radius 3 is 2.37 bits per heavy atom. The summed E-state index contributed by atoms with van der Waals surface area (Å²) in [5, 5.41) is 2.06. The molecule has 0 atom stereocenters. The largest absolute Gasteiger partial charge is 0.456 e. The third kappa shape index (κ3) is 1.93. The number of fused-ring (bicyclic) bond motifs is 3. The second-order valence-corrected chi connectivity index (χ2v) is 5.89. The molecule has 96 valence electrons. The average molecular weight is 252 g/mol. The zero-order valence-corrected chi connectivity index (χ0v) is 11.4. The lowest BCUT2D eigenvalue weighted by Crippen LogP contribution is -2.19. The van der Waals surface area contributed by atoms with Crippen molar-refractivity contribution in [3.8, 4) is 0 Å². The summed E-state index contributed by atoms with van der Waals surface area (Å²) in [6.45, 7) is 5.81. The standard InChI is InChI=1S/C17H16O2/c1-17(2,3)16(18)11-8-9-15-13(10-11)12-6-4-5-7-14(12)19-15/h4-10H,1-3H3. The molecule has 0 fully saturated rings. The van der Waals surface area contributed by atoms with Crippen molar-refractivity contribution in [1.82, 2.24) is 0 Å². The van der Waals surface area contributed by atoms with Crippen LogP contribution >= 0.6 is 0 Å². The molecule has 0 saturated carbocycles. The molecule has 3 aromatic rings. The minimum atomic E-state index is -0.368. The fourth-order valence-electron chi connectivity index (χ4n) is 2.30. The van der Waals surface area contributed by atoms with Crippen molar-refractivity contribution in [3.63, 3.8) is 0 Å². The molecule has 0 unspecified atom stereocenters. The molecule has 19 heavy (non-hydrogen) atoms. The van der Waals surface area contributed by atoms with Crippen molar-refractivity contribution >= 4 is 27.7 Å². The first-order valence-corrected chi connectivity index (χ1v) is 6.43. The molecule has 3 rings (SSSR count). The van der Waals surface area contributed by atoms with E-state index in [1.165, 1.54) is 0 Å². The molecule has 2 aromatic carbocycles. The number of hydrogen-bond donors (Lipinski definition) is 0. The fraction of sp³-hybridized carbons (Fsp3) is 0.235. The van der Waals surface area contributed by atoms with Gasteiger partial charge in [0.2, 0.25) is 0 Å². The molecule has 0 bridgehead atoms. The third-order valence-corrected chi connectivity index (χ3v) is 3.32. The topological polar surface area (TPSA) is 30.2 Å². The Morgan fingerprint density at radius 1 is 0.947 bits per heavy atom. The molecule has 0 aliphatic carbocycles. The highest BCUT2D eigenvalue weighted by Gasteiger charge is 2.23. The quantitative estimate of drug-likeness (QED) is 0.581. The molecule has 0 amide bonds. The van der Waals surface area contributed by atoms with Gasteiger partial charge in [-0.2, -0.15) is 0 Å². The number of carbonyl (C=O) groups is 1. The van der Waals surface area contributed by atoms with Crippen molar-refractivity contribution in [3.05, 3.63) is 48.0 Å². The van der Waals surface area contributed by atoms with Gasteiger partial charge in [0.1, 0.15) is 11.2 Å². The molecule has 0 spiro atoms. The van der Waals surface area contributed by atoms with Crippen LogP contribution in [0.4, 0.5) is 0 Å². The number of para-hydroxylation sites is 1.